The second kappa shape index (κ2) is 7.24. The number of carbonyl (C=O) groups is 1. The summed E-state index contributed by atoms with van der Waals surface area (Å²) in [5.41, 5.74) is 1.81. The summed E-state index contributed by atoms with van der Waals surface area (Å²) in [7, 11) is 1.55. The van der Waals surface area contributed by atoms with Crippen molar-refractivity contribution in [2.45, 2.75) is 6.92 Å². The number of nitrogens with zero attached hydrogens (tertiary/aromatic N) is 2. The Morgan fingerprint density at radius 1 is 1.25 bits per heavy atom. The van der Waals surface area contributed by atoms with Gasteiger partial charge in [0.2, 0.25) is 5.43 Å². The van der Waals surface area contributed by atoms with E-state index in [-0.39, 0.29) is 11.0 Å². The highest BCUT2D eigenvalue weighted by atomic mass is 32.1. The molecule has 0 saturated carbocycles. The quantitative estimate of drug-likeness (QED) is 0.553. The van der Waals surface area contributed by atoms with E-state index in [1.54, 1.807) is 31.5 Å². The highest BCUT2D eigenvalue weighted by Crippen LogP contribution is 2.31. The Bertz CT molecular complexity index is 1230. The van der Waals surface area contributed by atoms with Gasteiger partial charge in [0.1, 0.15) is 11.3 Å². The van der Waals surface area contributed by atoms with Gasteiger partial charge in [-0.25, -0.2) is 4.98 Å². The first kappa shape index (κ1) is 17.9. The van der Waals surface area contributed by atoms with Crippen molar-refractivity contribution < 1.29 is 9.53 Å². The molecule has 0 bridgehead atoms. The molecule has 0 atom stereocenters. The number of thiazole rings is 1. The number of H-pyrrole nitrogens is 1. The Hall–Kier alpha value is -3.52. The maximum Gasteiger partial charge on any atom is 0.262 e. The van der Waals surface area contributed by atoms with Crippen LogP contribution >= 0.6 is 11.3 Å². The highest BCUT2D eigenvalue weighted by molar-refractivity contribution is 7.19. The van der Waals surface area contributed by atoms with Gasteiger partial charge in [-0.3, -0.25) is 19.9 Å². The molecule has 0 fully saturated rings. The van der Waals surface area contributed by atoms with Crippen molar-refractivity contribution in [1.29, 1.82) is 0 Å². The maximum atomic E-state index is 12.7. The van der Waals surface area contributed by atoms with Crippen LogP contribution in [0.15, 0.2) is 53.6 Å². The second-order valence-corrected chi connectivity index (χ2v) is 7.04. The summed E-state index contributed by atoms with van der Waals surface area (Å²) in [6, 6.07) is 10.6. The molecule has 28 heavy (non-hydrogen) atoms. The summed E-state index contributed by atoms with van der Waals surface area (Å²) in [6.07, 6.45) is 3.11. The molecule has 0 radical (unpaired) electrons. The van der Waals surface area contributed by atoms with Gasteiger partial charge < -0.3 is 9.72 Å². The van der Waals surface area contributed by atoms with E-state index in [1.165, 1.54) is 17.5 Å². The van der Waals surface area contributed by atoms with Crippen molar-refractivity contribution in [3.63, 3.8) is 0 Å². The van der Waals surface area contributed by atoms with Crippen LogP contribution < -0.4 is 15.5 Å². The molecule has 0 spiro atoms. The van der Waals surface area contributed by atoms with E-state index in [0.29, 0.717) is 21.8 Å². The molecule has 2 N–H and O–H groups in total. The Kier molecular flexibility index (Phi) is 4.62. The van der Waals surface area contributed by atoms with Gasteiger partial charge in [-0.1, -0.05) is 17.4 Å². The average Bonchev–Trinajstić information content (AvgIpc) is 3.08. The van der Waals surface area contributed by atoms with Crippen molar-refractivity contribution in [2.24, 2.45) is 0 Å². The first-order chi connectivity index (χ1) is 13.6. The zero-order chi connectivity index (χ0) is 19.7. The van der Waals surface area contributed by atoms with Crippen LogP contribution in [0.3, 0.4) is 0 Å². The first-order valence-electron chi connectivity index (χ1n) is 8.46. The van der Waals surface area contributed by atoms with E-state index < -0.39 is 5.91 Å². The third-order valence-electron chi connectivity index (χ3n) is 4.25. The zero-order valence-corrected chi connectivity index (χ0v) is 16.0. The fourth-order valence-corrected chi connectivity index (χ4v) is 3.78. The van der Waals surface area contributed by atoms with Gasteiger partial charge in [-0.15, -0.1) is 0 Å². The lowest BCUT2D eigenvalue weighted by Gasteiger charge is -2.05. The lowest BCUT2D eigenvalue weighted by molar-refractivity contribution is 0.102. The molecule has 0 aliphatic heterocycles. The SMILES string of the molecule is COc1ccc2c(=O)c(C(=O)Nc3nc(C)c(-c4ccccn4)s3)c[nH]c2c1. The third-order valence-corrected chi connectivity index (χ3v) is 5.34. The molecule has 3 heterocycles. The summed E-state index contributed by atoms with van der Waals surface area (Å²) in [5, 5.41) is 3.54. The summed E-state index contributed by atoms with van der Waals surface area (Å²) in [5.74, 6) is 0.112. The molecular formula is C20H16N4O3S. The molecule has 0 saturated heterocycles. The number of aryl methyl sites for hydroxylation is 1. The number of benzene rings is 1. The van der Waals surface area contributed by atoms with Crippen LogP contribution in [-0.2, 0) is 0 Å². The smallest absolute Gasteiger partial charge is 0.262 e. The Labute approximate surface area is 164 Å². The normalized spacial score (nSPS) is 10.8. The number of rotatable bonds is 4. The molecule has 4 rings (SSSR count). The lowest BCUT2D eigenvalue weighted by Crippen LogP contribution is -2.21. The third kappa shape index (κ3) is 3.25. The molecule has 0 aliphatic carbocycles. The van der Waals surface area contributed by atoms with Crippen LogP contribution in [0.5, 0.6) is 5.75 Å². The van der Waals surface area contributed by atoms with E-state index in [0.717, 1.165) is 16.3 Å². The van der Waals surface area contributed by atoms with Gasteiger partial charge in [0.05, 0.1) is 28.9 Å². The largest absolute Gasteiger partial charge is 0.497 e. The summed E-state index contributed by atoms with van der Waals surface area (Å²) < 4.78 is 5.16. The molecule has 1 amide bonds. The maximum absolute atomic E-state index is 12.7. The number of hydrogen-bond donors (Lipinski definition) is 2. The molecule has 8 heteroatoms. The fraction of sp³-hybridized carbons (Fsp3) is 0.100. The number of methoxy groups -OCH3 is 1. The van der Waals surface area contributed by atoms with Crippen LogP contribution in [0.4, 0.5) is 5.13 Å². The van der Waals surface area contributed by atoms with E-state index >= 15 is 0 Å². The number of carbonyl (C=O) groups excluding carboxylic acids is 1. The van der Waals surface area contributed by atoms with Gasteiger partial charge >= 0.3 is 0 Å². The van der Waals surface area contributed by atoms with Crippen molar-refractivity contribution >= 4 is 33.3 Å². The summed E-state index contributed by atoms with van der Waals surface area (Å²) in [4.78, 5) is 37.9. The molecule has 0 unspecified atom stereocenters. The van der Waals surface area contributed by atoms with E-state index in [2.05, 4.69) is 20.3 Å². The van der Waals surface area contributed by atoms with Crippen molar-refractivity contribution in [3.8, 4) is 16.3 Å². The van der Waals surface area contributed by atoms with E-state index in [1.807, 2.05) is 25.1 Å². The zero-order valence-electron chi connectivity index (χ0n) is 15.1. The molecule has 7 nitrogen and oxygen atoms in total. The standard InChI is InChI=1S/C20H16N4O3S/c1-11-18(15-5-3-4-8-21-15)28-20(23-11)24-19(26)14-10-22-16-9-12(27-2)6-7-13(16)17(14)25/h3-10H,1-2H3,(H,22,25)(H,23,24,26). The minimum atomic E-state index is -0.514. The minimum absolute atomic E-state index is 0.0184. The van der Waals surface area contributed by atoms with Gasteiger partial charge in [-0.05, 0) is 31.2 Å². The lowest BCUT2D eigenvalue weighted by atomic mass is 10.1. The topological polar surface area (TPSA) is 97.0 Å². The molecule has 0 aliphatic rings. The molecular weight excluding hydrogens is 376 g/mol. The highest BCUT2D eigenvalue weighted by Gasteiger charge is 2.17. The number of fused-ring (bicyclic) bond motifs is 1. The predicted molar refractivity (Wildman–Crippen MR) is 109 cm³/mol. The number of pyridine rings is 2. The number of amides is 1. The van der Waals surface area contributed by atoms with Crippen molar-refractivity contribution in [1.82, 2.24) is 15.0 Å². The monoisotopic (exact) mass is 392 g/mol. The molecule has 4 aromatic rings. The fourth-order valence-electron chi connectivity index (χ4n) is 2.85. The molecule has 140 valence electrons. The van der Waals surface area contributed by atoms with Crippen LogP contribution in [-0.4, -0.2) is 28.0 Å². The Morgan fingerprint density at radius 2 is 2.11 bits per heavy atom. The first-order valence-corrected chi connectivity index (χ1v) is 9.28. The molecule has 1 aromatic carbocycles. The number of anilines is 1. The predicted octanol–water partition coefficient (Wildman–Crippen LogP) is 3.62. The van der Waals surface area contributed by atoms with Crippen LogP contribution in [0.2, 0.25) is 0 Å². The van der Waals surface area contributed by atoms with E-state index in [4.69, 9.17) is 4.74 Å². The Morgan fingerprint density at radius 3 is 2.86 bits per heavy atom. The van der Waals surface area contributed by atoms with Gasteiger partial charge in [0, 0.05) is 23.8 Å². The molecule has 3 aromatic heterocycles. The van der Waals surface area contributed by atoms with Gasteiger partial charge in [-0.2, -0.15) is 0 Å². The minimum Gasteiger partial charge on any atom is -0.497 e. The van der Waals surface area contributed by atoms with Gasteiger partial charge in [0.15, 0.2) is 5.13 Å². The Balaban J connectivity index is 1.64. The number of ether oxygens (including phenoxy) is 1. The second-order valence-electron chi connectivity index (χ2n) is 6.05. The average molecular weight is 392 g/mol. The number of aromatic amines is 1. The van der Waals surface area contributed by atoms with Crippen LogP contribution in [0, 0.1) is 6.92 Å². The van der Waals surface area contributed by atoms with Crippen molar-refractivity contribution in [2.75, 3.05) is 12.4 Å². The van der Waals surface area contributed by atoms with E-state index in [9.17, 15) is 9.59 Å². The van der Waals surface area contributed by atoms with Crippen molar-refractivity contribution in [3.05, 3.63) is 70.3 Å². The summed E-state index contributed by atoms with van der Waals surface area (Å²) in [6.45, 7) is 1.85. The van der Waals surface area contributed by atoms with Gasteiger partial charge in [0.25, 0.3) is 5.91 Å². The van der Waals surface area contributed by atoms with Crippen LogP contribution in [0.25, 0.3) is 21.5 Å². The number of nitrogens with one attached hydrogen (secondary N) is 2. The van der Waals surface area contributed by atoms with Crippen LogP contribution in [0.1, 0.15) is 16.1 Å². The number of hydrogen-bond acceptors (Lipinski definition) is 6. The number of aromatic nitrogens is 3. The summed E-state index contributed by atoms with van der Waals surface area (Å²) >= 11 is 1.32.